The third-order valence-corrected chi connectivity index (χ3v) is 4.45. The van der Waals surface area contributed by atoms with Crippen LogP contribution in [0.2, 0.25) is 0 Å². The molecule has 0 aliphatic rings. The number of pyridine rings is 1. The number of aromatic nitrogens is 4. The summed E-state index contributed by atoms with van der Waals surface area (Å²) in [7, 11) is 0. The number of nitrogens with one attached hydrogen (secondary N) is 1. The number of aryl methyl sites for hydroxylation is 2. The van der Waals surface area contributed by atoms with Gasteiger partial charge in [0.15, 0.2) is 0 Å². The molecular formula is C20H20FN5O. The maximum absolute atomic E-state index is 13.6. The predicted octanol–water partition coefficient (Wildman–Crippen LogP) is 3.49. The van der Waals surface area contributed by atoms with Crippen LogP contribution in [-0.2, 0) is 0 Å². The first-order chi connectivity index (χ1) is 12.9. The monoisotopic (exact) mass is 365 g/mol. The fourth-order valence-electron chi connectivity index (χ4n) is 3.07. The number of nitrogens with zero attached hydrogens (tertiary/aromatic N) is 4. The van der Waals surface area contributed by atoms with E-state index >= 15 is 0 Å². The summed E-state index contributed by atoms with van der Waals surface area (Å²) in [6.07, 6.45) is -0.472. The molecule has 3 heterocycles. The number of halogens is 1. The second kappa shape index (κ2) is 6.59. The number of hydrogen-bond donors (Lipinski definition) is 2. The minimum absolute atomic E-state index is 0.345. The van der Waals surface area contributed by atoms with Gasteiger partial charge in [0.25, 0.3) is 0 Å². The molecular weight excluding hydrogens is 345 g/mol. The second-order valence-electron chi connectivity index (χ2n) is 6.75. The van der Waals surface area contributed by atoms with E-state index in [1.54, 1.807) is 17.5 Å². The van der Waals surface area contributed by atoms with E-state index in [1.165, 1.54) is 12.1 Å². The number of aliphatic hydroxyl groups is 1. The van der Waals surface area contributed by atoms with Gasteiger partial charge < -0.3 is 10.4 Å². The average Bonchev–Trinajstić information content (AvgIpc) is 3.07. The van der Waals surface area contributed by atoms with Gasteiger partial charge in [0.2, 0.25) is 0 Å². The molecule has 0 radical (unpaired) electrons. The van der Waals surface area contributed by atoms with Crippen molar-refractivity contribution in [3.8, 4) is 11.4 Å². The first-order valence-corrected chi connectivity index (χ1v) is 8.78. The van der Waals surface area contributed by atoms with Crippen LogP contribution in [0.1, 0.15) is 18.2 Å². The molecule has 7 heteroatoms. The first-order valence-electron chi connectivity index (χ1n) is 8.78. The number of benzene rings is 1. The topological polar surface area (TPSA) is 75.3 Å². The van der Waals surface area contributed by atoms with Crippen molar-refractivity contribution in [2.75, 3.05) is 11.9 Å². The predicted molar refractivity (Wildman–Crippen MR) is 103 cm³/mol. The van der Waals surface area contributed by atoms with Gasteiger partial charge in [-0.2, -0.15) is 5.10 Å². The molecule has 4 rings (SSSR count). The van der Waals surface area contributed by atoms with Gasteiger partial charge in [0, 0.05) is 12.6 Å². The third-order valence-electron chi connectivity index (χ3n) is 4.45. The quantitative estimate of drug-likeness (QED) is 0.579. The molecule has 0 aliphatic heterocycles. The Labute approximate surface area is 155 Å². The molecule has 4 aromatic rings. The lowest BCUT2D eigenvalue weighted by Gasteiger charge is -2.11. The summed E-state index contributed by atoms with van der Waals surface area (Å²) in [5.74, 6) is 0.433. The van der Waals surface area contributed by atoms with E-state index in [0.717, 1.165) is 22.6 Å². The Morgan fingerprint density at radius 2 is 1.93 bits per heavy atom. The van der Waals surface area contributed by atoms with E-state index in [4.69, 9.17) is 0 Å². The van der Waals surface area contributed by atoms with E-state index in [1.807, 2.05) is 32.0 Å². The number of rotatable bonds is 4. The van der Waals surface area contributed by atoms with E-state index in [2.05, 4.69) is 20.4 Å². The fraction of sp³-hybridized carbons (Fsp3) is 0.250. The molecule has 0 unspecified atom stereocenters. The molecule has 0 saturated heterocycles. The lowest BCUT2D eigenvalue weighted by Crippen LogP contribution is -2.17. The Morgan fingerprint density at radius 3 is 2.70 bits per heavy atom. The number of aliphatic hydroxyl groups excluding tert-OH is 1. The molecule has 0 aliphatic carbocycles. The standard InChI is InChI=1S/C20H20FN5O/c1-11-4-7-19(22-10-12(2)27)26-18(11)9-17(25-26)20-13(3)23-15-6-5-14(21)8-16(15)24-20/h4-9,12,22,27H,10H2,1-3H3/t12-/m1/s1. The Bertz CT molecular complexity index is 1150. The largest absolute Gasteiger partial charge is 0.392 e. The molecule has 0 saturated carbocycles. The molecule has 1 aromatic carbocycles. The van der Waals surface area contributed by atoms with Crippen molar-refractivity contribution < 1.29 is 9.50 Å². The fourth-order valence-corrected chi connectivity index (χ4v) is 3.07. The smallest absolute Gasteiger partial charge is 0.128 e. The van der Waals surface area contributed by atoms with Gasteiger partial charge >= 0.3 is 0 Å². The molecule has 0 spiro atoms. The summed E-state index contributed by atoms with van der Waals surface area (Å²) in [6, 6.07) is 10.3. The molecule has 0 fully saturated rings. The lowest BCUT2D eigenvalue weighted by molar-refractivity contribution is 0.208. The zero-order valence-corrected chi connectivity index (χ0v) is 15.4. The third kappa shape index (κ3) is 3.21. The molecule has 2 N–H and O–H groups in total. The lowest BCUT2D eigenvalue weighted by atomic mass is 10.2. The normalized spacial score (nSPS) is 12.6. The van der Waals surface area contributed by atoms with Crippen LogP contribution in [-0.4, -0.2) is 37.3 Å². The highest BCUT2D eigenvalue weighted by Crippen LogP contribution is 2.26. The molecule has 1 atom stereocenters. The van der Waals surface area contributed by atoms with Gasteiger partial charge in [-0.25, -0.2) is 18.9 Å². The maximum atomic E-state index is 13.6. The van der Waals surface area contributed by atoms with Crippen LogP contribution in [0.25, 0.3) is 27.9 Å². The average molecular weight is 365 g/mol. The minimum Gasteiger partial charge on any atom is -0.392 e. The molecule has 0 bridgehead atoms. The minimum atomic E-state index is -0.472. The Kier molecular flexibility index (Phi) is 4.24. The van der Waals surface area contributed by atoms with E-state index < -0.39 is 6.10 Å². The van der Waals surface area contributed by atoms with E-state index in [0.29, 0.717) is 29.0 Å². The Hall–Kier alpha value is -3.06. The highest BCUT2D eigenvalue weighted by Gasteiger charge is 2.15. The van der Waals surface area contributed by atoms with Crippen LogP contribution in [0.5, 0.6) is 0 Å². The van der Waals surface area contributed by atoms with Crippen molar-refractivity contribution in [1.29, 1.82) is 0 Å². The van der Waals surface area contributed by atoms with Crippen LogP contribution in [0.15, 0.2) is 36.4 Å². The maximum Gasteiger partial charge on any atom is 0.128 e. The zero-order chi connectivity index (χ0) is 19.1. The van der Waals surface area contributed by atoms with Crippen molar-refractivity contribution in [2.24, 2.45) is 0 Å². The van der Waals surface area contributed by atoms with Gasteiger partial charge in [-0.3, -0.25) is 0 Å². The van der Waals surface area contributed by atoms with Crippen LogP contribution >= 0.6 is 0 Å². The summed E-state index contributed by atoms with van der Waals surface area (Å²) in [5, 5.41) is 17.4. The Balaban J connectivity index is 1.86. The van der Waals surface area contributed by atoms with Crippen LogP contribution in [0.3, 0.4) is 0 Å². The van der Waals surface area contributed by atoms with Crippen LogP contribution in [0.4, 0.5) is 10.2 Å². The van der Waals surface area contributed by atoms with Crippen molar-refractivity contribution in [2.45, 2.75) is 26.9 Å². The molecule has 3 aromatic heterocycles. The summed E-state index contributed by atoms with van der Waals surface area (Å²) >= 11 is 0. The summed E-state index contributed by atoms with van der Waals surface area (Å²) in [4.78, 5) is 9.14. The molecule has 0 amide bonds. The molecule has 27 heavy (non-hydrogen) atoms. The SMILES string of the molecule is Cc1nc2ccc(F)cc2nc1-c1cc2c(C)ccc(NC[C@@H](C)O)n2n1. The second-order valence-corrected chi connectivity index (χ2v) is 6.75. The van der Waals surface area contributed by atoms with Crippen molar-refractivity contribution in [3.63, 3.8) is 0 Å². The van der Waals surface area contributed by atoms with E-state index in [-0.39, 0.29) is 5.82 Å². The van der Waals surface area contributed by atoms with Gasteiger partial charge in [0.05, 0.1) is 28.3 Å². The molecule has 6 nitrogen and oxygen atoms in total. The summed E-state index contributed by atoms with van der Waals surface area (Å²) < 4.78 is 15.4. The number of fused-ring (bicyclic) bond motifs is 2. The summed E-state index contributed by atoms with van der Waals surface area (Å²) in [6.45, 7) is 6.02. The van der Waals surface area contributed by atoms with Crippen LogP contribution < -0.4 is 5.32 Å². The highest BCUT2D eigenvalue weighted by molar-refractivity contribution is 5.79. The number of anilines is 1. The highest BCUT2D eigenvalue weighted by atomic mass is 19.1. The van der Waals surface area contributed by atoms with Crippen LogP contribution in [0, 0.1) is 19.7 Å². The number of hydrogen-bond acceptors (Lipinski definition) is 5. The van der Waals surface area contributed by atoms with Gasteiger partial charge in [-0.15, -0.1) is 0 Å². The van der Waals surface area contributed by atoms with E-state index in [9.17, 15) is 9.50 Å². The van der Waals surface area contributed by atoms with Crippen molar-refractivity contribution in [1.82, 2.24) is 19.6 Å². The van der Waals surface area contributed by atoms with Gasteiger partial charge in [0.1, 0.15) is 23.0 Å². The first kappa shape index (κ1) is 17.4. The van der Waals surface area contributed by atoms with Gasteiger partial charge in [-0.1, -0.05) is 6.07 Å². The molecule has 138 valence electrons. The Morgan fingerprint density at radius 1 is 1.11 bits per heavy atom. The van der Waals surface area contributed by atoms with Gasteiger partial charge in [-0.05, 0) is 50.6 Å². The van der Waals surface area contributed by atoms with Crippen molar-refractivity contribution >= 4 is 22.4 Å². The summed E-state index contributed by atoms with van der Waals surface area (Å²) in [5.41, 5.74) is 5.16. The zero-order valence-electron chi connectivity index (χ0n) is 15.4. The van der Waals surface area contributed by atoms with Crippen molar-refractivity contribution in [3.05, 3.63) is 53.5 Å².